The van der Waals surface area contributed by atoms with Gasteiger partial charge < -0.3 is 10.2 Å². The Morgan fingerprint density at radius 2 is 1.93 bits per heavy atom. The smallest absolute Gasteiger partial charge is 0.311 e. The van der Waals surface area contributed by atoms with Crippen molar-refractivity contribution in [1.82, 2.24) is 4.57 Å². The first-order chi connectivity index (χ1) is 12.8. The standard InChI is InChI=1S/C21H20FNO4/c1-3-5-16(21(26)27)19-12(2)23(18-9-8-15(24)11-17(18)19)20(25)13-6-4-7-14(22)10-13/h4,6-11,16,24H,3,5H2,1-2H3,(H,26,27)/t16-/m0/s1. The number of hydrogen-bond acceptors (Lipinski definition) is 3. The molecule has 2 aromatic carbocycles. The average Bonchev–Trinajstić information content (AvgIpc) is 2.90. The number of carboxylic acids is 1. The number of carbonyl (C=O) groups is 2. The van der Waals surface area contributed by atoms with E-state index in [1.165, 1.54) is 34.9 Å². The lowest BCUT2D eigenvalue weighted by Gasteiger charge is -2.13. The highest BCUT2D eigenvalue weighted by Crippen LogP contribution is 2.36. The molecule has 0 aliphatic rings. The molecule has 2 N–H and O–H groups in total. The molecule has 0 unspecified atom stereocenters. The van der Waals surface area contributed by atoms with Gasteiger partial charge in [-0.15, -0.1) is 0 Å². The number of phenols is 1. The van der Waals surface area contributed by atoms with Gasteiger partial charge >= 0.3 is 5.97 Å². The fourth-order valence-corrected chi connectivity index (χ4v) is 3.56. The van der Waals surface area contributed by atoms with E-state index in [4.69, 9.17) is 0 Å². The van der Waals surface area contributed by atoms with Crippen molar-refractivity contribution in [3.05, 3.63) is 65.1 Å². The topological polar surface area (TPSA) is 79.5 Å². The highest BCUT2D eigenvalue weighted by Gasteiger charge is 2.29. The zero-order valence-corrected chi connectivity index (χ0v) is 15.1. The Kier molecular flexibility index (Phi) is 4.99. The van der Waals surface area contributed by atoms with Crippen molar-refractivity contribution >= 4 is 22.8 Å². The van der Waals surface area contributed by atoms with Crippen LogP contribution in [0.5, 0.6) is 5.75 Å². The minimum absolute atomic E-state index is 0.0141. The fourth-order valence-electron chi connectivity index (χ4n) is 3.56. The van der Waals surface area contributed by atoms with Crippen molar-refractivity contribution in [3.8, 4) is 5.75 Å². The SMILES string of the molecule is CCC[C@H](C(=O)O)c1c(C)n(C(=O)c2cccc(F)c2)c2ccc(O)cc12. The van der Waals surface area contributed by atoms with E-state index in [9.17, 15) is 24.2 Å². The molecular formula is C21H20FNO4. The minimum Gasteiger partial charge on any atom is -0.508 e. The van der Waals surface area contributed by atoms with Gasteiger partial charge in [0.2, 0.25) is 0 Å². The van der Waals surface area contributed by atoms with Crippen LogP contribution in [0.4, 0.5) is 4.39 Å². The average molecular weight is 369 g/mol. The number of halogens is 1. The van der Waals surface area contributed by atoms with E-state index >= 15 is 0 Å². The number of benzene rings is 2. The number of aromatic nitrogens is 1. The lowest BCUT2D eigenvalue weighted by Crippen LogP contribution is -2.16. The molecule has 0 aliphatic heterocycles. The Hall–Kier alpha value is -3.15. The summed E-state index contributed by atoms with van der Waals surface area (Å²) in [6.07, 6.45) is 1.05. The van der Waals surface area contributed by atoms with Crippen LogP contribution in [-0.2, 0) is 4.79 Å². The van der Waals surface area contributed by atoms with E-state index < -0.39 is 23.6 Å². The van der Waals surface area contributed by atoms with Gasteiger partial charge in [0, 0.05) is 16.6 Å². The zero-order valence-electron chi connectivity index (χ0n) is 15.1. The molecule has 6 heteroatoms. The van der Waals surface area contributed by atoms with Crippen LogP contribution < -0.4 is 0 Å². The molecule has 0 fully saturated rings. The number of fused-ring (bicyclic) bond motifs is 1. The number of phenolic OH excluding ortho intramolecular Hbond substituents is 1. The predicted octanol–water partition coefficient (Wildman–Crippen LogP) is 4.45. The number of nitrogens with zero attached hydrogens (tertiary/aromatic N) is 1. The first kappa shape index (κ1) is 18.6. The molecule has 1 aromatic heterocycles. The fraction of sp³-hybridized carbons (Fsp3) is 0.238. The number of hydrogen-bond donors (Lipinski definition) is 2. The Morgan fingerprint density at radius 1 is 1.19 bits per heavy atom. The Morgan fingerprint density at radius 3 is 2.56 bits per heavy atom. The third-order valence-electron chi connectivity index (χ3n) is 4.73. The number of aromatic hydroxyl groups is 1. The highest BCUT2D eigenvalue weighted by molar-refractivity contribution is 6.05. The van der Waals surface area contributed by atoms with Crippen molar-refractivity contribution in [2.45, 2.75) is 32.6 Å². The first-order valence-corrected chi connectivity index (χ1v) is 8.72. The minimum atomic E-state index is -0.986. The number of carbonyl (C=O) groups excluding carboxylic acids is 1. The van der Waals surface area contributed by atoms with Crippen LogP contribution >= 0.6 is 0 Å². The number of aliphatic carboxylic acids is 1. The van der Waals surface area contributed by atoms with Crippen molar-refractivity contribution in [2.24, 2.45) is 0 Å². The maximum absolute atomic E-state index is 13.6. The lowest BCUT2D eigenvalue weighted by atomic mass is 9.92. The number of rotatable bonds is 5. The summed E-state index contributed by atoms with van der Waals surface area (Å²) in [5.41, 5.74) is 1.62. The second kappa shape index (κ2) is 7.23. The second-order valence-electron chi connectivity index (χ2n) is 6.53. The molecule has 1 atom stereocenters. The molecule has 0 saturated heterocycles. The van der Waals surface area contributed by atoms with Crippen LogP contribution in [0.1, 0.15) is 47.3 Å². The van der Waals surface area contributed by atoms with Crippen LogP contribution in [0.3, 0.4) is 0 Å². The summed E-state index contributed by atoms with van der Waals surface area (Å²) in [7, 11) is 0. The molecule has 3 aromatic rings. The molecule has 0 saturated carbocycles. The molecule has 3 rings (SSSR count). The van der Waals surface area contributed by atoms with Crippen LogP contribution in [0.2, 0.25) is 0 Å². The van der Waals surface area contributed by atoms with Crippen molar-refractivity contribution in [3.63, 3.8) is 0 Å². The summed E-state index contributed by atoms with van der Waals surface area (Å²) in [6, 6.07) is 9.85. The van der Waals surface area contributed by atoms with E-state index in [0.29, 0.717) is 35.0 Å². The molecule has 0 amide bonds. The highest BCUT2D eigenvalue weighted by atomic mass is 19.1. The summed E-state index contributed by atoms with van der Waals surface area (Å²) < 4.78 is 15.0. The van der Waals surface area contributed by atoms with Gasteiger partial charge in [-0.25, -0.2) is 4.39 Å². The van der Waals surface area contributed by atoms with Gasteiger partial charge in [-0.1, -0.05) is 19.4 Å². The van der Waals surface area contributed by atoms with Gasteiger partial charge in [0.25, 0.3) is 5.91 Å². The molecule has 5 nitrogen and oxygen atoms in total. The van der Waals surface area contributed by atoms with E-state index in [2.05, 4.69) is 0 Å². The van der Waals surface area contributed by atoms with E-state index in [1.807, 2.05) is 6.92 Å². The third kappa shape index (κ3) is 3.30. The van der Waals surface area contributed by atoms with Gasteiger partial charge in [0.05, 0.1) is 11.4 Å². The molecule has 0 bridgehead atoms. The maximum Gasteiger partial charge on any atom is 0.311 e. The summed E-state index contributed by atoms with van der Waals surface area (Å²) in [5, 5.41) is 20.1. The molecular weight excluding hydrogens is 349 g/mol. The third-order valence-corrected chi connectivity index (χ3v) is 4.73. The van der Waals surface area contributed by atoms with Crippen LogP contribution in [0.25, 0.3) is 10.9 Å². The molecule has 27 heavy (non-hydrogen) atoms. The van der Waals surface area contributed by atoms with Gasteiger partial charge in [-0.3, -0.25) is 14.2 Å². The summed E-state index contributed by atoms with van der Waals surface area (Å²) in [4.78, 5) is 24.9. The van der Waals surface area contributed by atoms with Crippen molar-refractivity contribution in [1.29, 1.82) is 0 Å². The monoisotopic (exact) mass is 369 g/mol. The van der Waals surface area contributed by atoms with E-state index in [1.54, 1.807) is 13.0 Å². The molecule has 0 radical (unpaired) electrons. The summed E-state index contributed by atoms with van der Waals surface area (Å²) in [6.45, 7) is 3.56. The van der Waals surface area contributed by atoms with Gasteiger partial charge in [0.15, 0.2) is 0 Å². The molecule has 0 aliphatic carbocycles. The quantitative estimate of drug-likeness (QED) is 0.696. The summed E-state index contributed by atoms with van der Waals surface area (Å²) in [5.74, 6) is -2.78. The molecule has 0 spiro atoms. The van der Waals surface area contributed by atoms with Gasteiger partial charge in [-0.05, 0) is 55.3 Å². The molecule has 140 valence electrons. The normalized spacial score (nSPS) is 12.3. The van der Waals surface area contributed by atoms with E-state index in [-0.39, 0.29) is 11.3 Å². The van der Waals surface area contributed by atoms with Crippen LogP contribution in [0, 0.1) is 12.7 Å². The lowest BCUT2D eigenvalue weighted by molar-refractivity contribution is -0.139. The Bertz CT molecular complexity index is 1040. The van der Waals surface area contributed by atoms with E-state index in [0.717, 1.165) is 6.07 Å². The first-order valence-electron chi connectivity index (χ1n) is 8.72. The second-order valence-corrected chi connectivity index (χ2v) is 6.53. The Balaban J connectivity index is 2.29. The maximum atomic E-state index is 13.6. The van der Waals surface area contributed by atoms with Crippen molar-refractivity contribution in [2.75, 3.05) is 0 Å². The van der Waals surface area contributed by atoms with Gasteiger partial charge in [0.1, 0.15) is 11.6 Å². The van der Waals surface area contributed by atoms with Crippen molar-refractivity contribution < 1.29 is 24.2 Å². The predicted molar refractivity (Wildman–Crippen MR) is 99.8 cm³/mol. The largest absolute Gasteiger partial charge is 0.508 e. The Labute approximate surface area is 155 Å². The van der Waals surface area contributed by atoms with Gasteiger partial charge in [-0.2, -0.15) is 0 Å². The van der Waals surface area contributed by atoms with Crippen LogP contribution in [0.15, 0.2) is 42.5 Å². The molecule has 1 heterocycles. The number of carboxylic acid groups (broad SMARTS) is 1. The van der Waals surface area contributed by atoms with Crippen LogP contribution in [-0.4, -0.2) is 26.7 Å². The summed E-state index contributed by atoms with van der Waals surface area (Å²) >= 11 is 0. The zero-order chi connectivity index (χ0) is 19.7.